The van der Waals surface area contributed by atoms with Gasteiger partial charge in [-0.15, -0.1) is 3.63 Å². The second kappa shape index (κ2) is 14.9. The number of rotatable bonds is 18. The van der Waals surface area contributed by atoms with Gasteiger partial charge in [0.25, 0.3) is 20.2 Å². The van der Waals surface area contributed by atoms with E-state index in [0.29, 0.717) is 6.42 Å². The van der Waals surface area contributed by atoms with Crippen LogP contribution < -0.4 is 5.73 Å². The van der Waals surface area contributed by atoms with Crippen molar-refractivity contribution < 1.29 is 20.5 Å². The fraction of sp³-hybridized carbons (Fsp3) is 1.00. The van der Waals surface area contributed by atoms with Crippen molar-refractivity contribution in [2.75, 3.05) is 18.1 Å². The second-order valence-electron chi connectivity index (χ2n) is 6.62. The maximum absolute atomic E-state index is 11.6. The number of hydrogen-bond donors (Lipinski definition) is 1. The zero-order valence-electron chi connectivity index (χ0n) is 15.7. The molecule has 0 amide bonds. The smallest absolute Gasteiger partial charge is 0.283 e. The van der Waals surface area contributed by atoms with E-state index < -0.39 is 26.0 Å². The summed E-state index contributed by atoms with van der Waals surface area (Å²) in [7, 11) is -8.09. The molecule has 0 fully saturated rings. The van der Waals surface area contributed by atoms with Crippen molar-refractivity contribution in [1.82, 2.24) is 0 Å². The lowest BCUT2D eigenvalue weighted by atomic mass is 10.1. The third kappa shape index (κ3) is 17.0. The molecule has 0 heterocycles. The molecule has 0 spiro atoms. The summed E-state index contributed by atoms with van der Waals surface area (Å²) in [6.07, 6.45) is 15.0. The van der Waals surface area contributed by atoms with E-state index in [1.807, 2.05) is 0 Å². The van der Waals surface area contributed by atoms with Gasteiger partial charge in [-0.2, -0.15) is 16.8 Å². The van der Waals surface area contributed by atoms with Crippen molar-refractivity contribution in [2.45, 2.75) is 90.4 Å². The average Bonchev–Trinajstić information content (AvgIpc) is 2.50. The molecule has 0 atom stereocenters. The Labute approximate surface area is 155 Å². The van der Waals surface area contributed by atoms with Crippen molar-refractivity contribution in [2.24, 2.45) is 5.73 Å². The topological polar surface area (TPSA) is 104 Å². The zero-order valence-corrected chi connectivity index (χ0v) is 17.4. The fourth-order valence-corrected chi connectivity index (χ4v) is 5.32. The van der Waals surface area contributed by atoms with Crippen LogP contribution in [0.1, 0.15) is 90.4 Å². The lowest BCUT2D eigenvalue weighted by Gasteiger charge is -2.05. The Bertz CT molecular complexity index is 503. The molecule has 152 valence electrons. The van der Waals surface area contributed by atoms with Crippen LogP contribution in [-0.2, 0) is 23.9 Å². The fourth-order valence-electron chi connectivity index (χ4n) is 2.67. The van der Waals surface area contributed by atoms with Crippen molar-refractivity contribution in [3.05, 3.63) is 0 Å². The summed E-state index contributed by atoms with van der Waals surface area (Å²) in [6.45, 7) is 2.07. The summed E-state index contributed by atoms with van der Waals surface area (Å²) in [5.41, 5.74) is 5.11. The molecule has 0 bridgehead atoms. The largest absolute Gasteiger partial charge is 0.329 e. The van der Waals surface area contributed by atoms with Crippen LogP contribution >= 0.6 is 0 Å². The first-order valence-electron chi connectivity index (χ1n) is 9.69. The first-order valence-corrected chi connectivity index (χ1v) is 12.8. The second-order valence-corrected chi connectivity index (χ2v) is 10.2. The minimum absolute atomic E-state index is 0.156. The summed E-state index contributed by atoms with van der Waals surface area (Å²) in [6, 6.07) is 0. The average molecular weight is 400 g/mol. The number of unbranched alkanes of at least 4 members (excludes halogenated alkanes) is 12. The van der Waals surface area contributed by atoms with Crippen LogP contribution in [0.5, 0.6) is 0 Å². The molecular weight excluding hydrogens is 362 g/mol. The summed E-state index contributed by atoms with van der Waals surface area (Å²) in [5.74, 6) is -0.737. The molecule has 25 heavy (non-hydrogen) atoms. The Kier molecular flexibility index (Phi) is 14.8. The molecule has 2 N–H and O–H groups in total. The minimum Gasteiger partial charge on any atom is -0.329 e. The number of hydrogen-bond acceptors (Lipinski definition) is 6. The quantitative estimate of drug-likeness (QED) is 0.352. The van der Waals surface area contributed by atoms with Gasteiger partial charge in [0.1, 0.15) is 0 Å². The van der Waals surface area contributed by atoms with Crippen LogP contribution in [0.3, 0.4) is 0 Å². The molecule has 0 saturated carbocycles. The van der Waals surface area contributed by atoms with Crippen LogP contribution in [-0.4, -0.2) is 34.9 Å². The predicted octanol–water partition coefficient (Wildman–Crippen LogP) is 3.71. The third-order valence-electron chi connectivity index (χ3n) is 4.07. The van der Waals surface area contributed by atoms with Crippen LogP contribution in [0.25, 0.3) is 0 Å². The first-order chi connectivity index (χ1) is 11.8. The predicted molar refractivity (Wildman–Crippen MR) is 103 cm³/mol. The Hall–Kier alpha value is -0.180. The van der Waals surface area contributed by atoms with Gasteiger partial charge in [-0.25, -0.2) is 0 Å². The highest BCUT2D eigenvalue weighted by atomic mass is 32.3. The van der Waals surface area contributed by atoms with E-state index in [2.05, 4.69) is 10.6 Å². The first kappa shape index (κ1) is 24.8. The summed E-state index contributed by atoms with van der Waals surface area (Å²) in [5, 5.41) is 0. The van der Waals surface area contributed by atoms with E-state index in [9.17, 15) is 16.8 Å². The van der Waals surface area contributed by atoms with Gasteiger partial charge in [0, 0.05) is 6.54 Å². The maximum Gasteiger partial charge on any atom is 0.283 e. The van der Waals surface area contributed by atoms with Gasteiger partial charge >= 0.3 is 0 Å². The highest BCUT2D eigenvalue weighted by molar-refractivity contribution is 7.99. The normalized spacial score (nSPS) is 12.6. The molecule has 0 aliphatic rings. The Balaban J connectivity index is 3.51. The molecule has 0 aromatic heterocycles. The van der Waals surface area contributed by atoms with Gasteiger partial charge in [-0.05, 0) is 6.42 Å². The van der Waals surface area contributed by atoms with E-state index in [4.69, 9.17) is 5.73 Å². The highest BCUT2D eigenvalue weighted by Crippen LogP contribution is 2.13. The summed E-state index contributed by atoms with van der Waals surface area (Å²) < 4.78 is 50.0. The van der Waals surface area contributed by atoms with E-state index >= 15 is 0 Å². The SMILES string of the molecule is CCCCCCCCCCCCCCCS(=O)(=O)OS(=O)(=O)CCN. The van der Waals surface area contributed by atoms with Gasteiger partial charge in [0.05, 0.1) is 11.5 Å². The molecule has 0 aromatic rings. The van der Waals surface area contributed by atoms with Crippen molar-refractivity contribution in [3.8, 4) is 0 Å². The Morgan fingerprint density at radius 3 is 1.36 bits per heavy atom. The molecule has 0 aliphatic carbocycles. The van der Waals surface area contributed by atoms with E-state index in [0.717, 1.165) is 19.3 Å². The monoisotopic (exact) mass is 399 g/mol. The van der Waals surface area contributed by atoms with Crippen LogP contribution in [0, 0.1) is 0 Å². The third-order valence-corrected chi connectivity index (χ3v) is 7.26. The number of nitrogens with two attached hydrogens (primary N) is 1. The lowest BCUT2D eigenvalue weighted by molar-refractivity contribution is 0.459. The molecule has 0 saturated heterocycles. The summed E-state index contributed by atoms with van der Waals surface area (Å²) >= 11 is 0. The standard InChI is InChI=1S/C17H37NO5S2/c1-2-3-4-5-6-7-8-9-10-11-12-13-14-16-24(19,20)23-25(21,22)17-15-18/h2-18H2,1H3. The maximum atomic E-state index is 11.6. The van der Waals surface area contributed by atoms with Gasteiger partial charge in [0.2, 0.25) is 0 Å². The van der Waals surface area contributed by atoms with Gasteiger partial charge < -0.3 is 5.73 Å². The van der Waals surface area contributed by atoms with Crippen molar-refractivity contribution in [1.29, 1.82) is 0 Å². The molecule has 0 aromatic carbocycles. The van der Waals surface area contributed by atoms with Crippen LogP contribution in [0.15, 0.2) is 0 Å². The van der Waals surface area contributed by atoms with Crippen molar-refractivity contribution >= 4 is 20.2 Å². The van der Waals surface area contributed by atoms with Gasteiger partial charge in [-0.1, -0.05) is 84.0 Å². The van der Waals surface area contributed by atoms with Gasteiger partial charge in [0.15, 0.2) is 0 Å². The molecule has 0 rings (SSSR count). The van der Waals surface area contributed by atoms with E-state index in [1.165, 1.54) is 57.8 Å². The lowest BCUT2D eigenvalue weighted by Crippen LogP contribution is -2.22. The summed E-state index contributed by atoms with van der Waals surface area (Å²) in [4.78, 5) is 0. The minimum atomic E-state index is -4.07. The van der Waals surface area contributed by atoms with E-state index in [-0.39, 0.29) is 12.3 Å². The van der Waals surface area contributed by atoms with Gasteiger partial charge in [-0.3, -0.25) is 0 Å². The molecule has 6 nitrogen and oxygen atoms in total. The molecule has 0 radical (unpaired) electrons. The van der Waals surface area contributed by atoms with Crippen LogP contribution in [0.4, 0.5) is 0 Å². The van der Waals surface area contributed by atoms with Crippen molar-refractivity contribution in [3.63, 3.8) is 0 Å². The molecule has 0 aliphatic heterocycles. The zero-order chi connectivity index (χ0) is 19.0. The Morgan fingerprint density at radius 1 is 0.600 bits per heavy atom. The Morgan fingerprint density at radius 2 is 0.960 bits per heavy atom. The molecule has 0 unspecified atom stereocenters. The van der Waals surface area contributed by atoms with Crippen LogP contribution in [0.2, 0.25) is 0 Å². The molecular formula is C17H37NO5S2. The highest BCUT2D eigenvalue weighted by Gasteiger charge is 2.21. The van der Waals surface area contributed by atoms with E-state index in [1.54, 1.807) is 0 Å². The molecule has 8 heteroatoms.